The van der Waals surface area contributed by atoms with Crippen molar-refractivity contribution in [1.82, 2.24) is 0 Å². The lowest BCUT2D eigenvalue weighted by molar-refractivity contribution is 0.0596. The predicted octanol–water partition coefficient (Wildman–Crippen LogP) is 5.70. The molecule has 0 bridgehead atoms. The maximum absolute atomic E-state index is 10.7. The molecule has 1 unspecified atom stereocenters. The van der Waals surface area contributed by atoms with Crippen molar-refractivity contribution in [1.29, 1.82) is 0 Å². The predicted molar refractivity (Wildman–Crippen MR) is 124 cm³/mol. The third kappa shape index (κ3) is 5.29. The second-order valence-electron chi connectivity index (χ2n) is 10.1. The lowest BCUT2D eigenvalue weighted by Gasteiger charge is -2.44. The molecule has 3 heteroatoms. The van der Waals surface area contributed by atoms with Crippen LogP contribution in [-0.4, -0.2) is 33.1 Å². The van der Waals surface area contributed by atoms with Crippen LogP contribution in [0.2, 0.25) is 0 Å². The highest BCUT2D eigenvalue weighted by molar-refractivity contribution is 5.38. The molecular formula is C27H44O3. The molecule has 0 amide bonds. The average molecular weight is 425 g/mol. The van der Waals surface area contributed by atoms with Gasteiger partial charge in [-0.2, -0.15) is 0 Å². The van der Waals surface area contributed by atoms with Crippen molar-refractivity contribution in [3.05, 3.63) is 35.5 Å². The molecule has 0 aliphatic heterocycles. The van der Waals surface area contributed by atoms with E-state index in [1.165, 1.54) is 5.57 Å². The first-order chi connectivity index (χ1) is 17.3. The summed E-state index contributed by atoms with van der Waals surface area (Å²) in [6.07, 6.45) is 5.59. The molecule has 0 aromatic heterocycles. The molecule has 0 heterocycles. The van der Waals surface area contributed by atoms with Gasteiger partial charge in [-0.1, -0.05) is 51.0 Å². The average Bonchev–Trinajstić information content (AvgIpc) is 3.14. The summed E-state index contributed by atoms with van der Waals surface area (Å²) in [5.74, 6) is 0.603. The van der Waals surface area contributed by atoms with E-state index in [-0.39, 0.29) is 30.1 Å². The molecule has 3 aliphatic rings. The summed E-state index contributed by atoms with van der Waals surface area (Å²) in [6.45, 7) is 1.49. The van der Waals surface area contributed by atoms with Crippen molar-refractivity contribution in [2.45, 2.75) is 110 Å². The van der Waals surface area contributed by atoms with Crippen LogP contribution >= 0.6 is 0 Å². The van der Waals surface area contributed by atoms with E-state index in [0.29, 0.717) is 24.3 Å². The number of aliphatic hydroxyl groups is 3. The fourth-order valence-electron chi connectivity index (χ4n) is 6.36. The van der Waals surface area contributed by atoms with Gasteiger partial charge >= 0.3 is 0 Å². The topological polar surface area (TPSA) is 60.7 Å². The summed E-state index contributed by atoms with van der Waals surface area (Å²) < 4.78 is 62.4. The van der Waals surface area contributed by atoms with Gasteiger partial charge in [0.2, 0.25) is 0 Å². The molecule has 0 aromatic rings. The van der Waals surface area contributed by atoms with Crippen LogP contribution in [0, 0.1) is 23.2 Å². The van der Waals surface area contributed by atoms with Crippen LogP contribution in [0.4, 0.5) is 0 Å². The number of allylic oxidation sites excluding steroid dienone is 3. The summed E-state index contributed by atoms with van der Waals surface area (Å²) >= 11 is 0. The molecule has 0 aromatic carbocycles. The quantitative estimate of drug-likeness (QED) is 0.512. The maximum atomic E-state index is 10.7. The standard InChI is InChI=1S/C27H44O3/c1-18(8-6-14-26(3,4)30)23-12-13-24-20(9-7-15-27(23,24)5)10-11-21-16-22(28)17-25(29)19(21)2/h10-11,18,22-25,28-30H,2,6-9,12-17H2,1,3-5H3/t18-,22-,23-,24?,25+,27-/m1/s1/i3D3,4D3,14D2. The first-order valence-electron chi connectivity index (χ1n) is 15.4. The van der Waals surface area contributed by atoms with Crippen molar-refractivity contribution < 1.29 is 26.3 Å². The third-order valence-corrected chi connectivity index (χ3v) is 7.97. The second-order valence-corrected chi connectivity index (χ2v) is 10.1. The minimum absolute atomic E-state index is 0.0126. The Morgan fingerprint density at radius 2 is 2.10 bits per heavy atom. The van der Waals surface area contributed by atoms with Gasteiger partial charge in [0.05, 0.1) is 17.8 Å². The summed E-state index contributed by atoms with van der Waals surface area (Å²) in [5.41, 5.74) is -0.614. The number of hydrogen-bond acceptors (Lipinski definition) is 3. The van der Waals surface area contributed by atoms with Crippen molar-refractivity contribution >= 4 is 0 Å². The molecule has 3 N–H and O–H groups in total. The first kappa shape index (κ1) is 15.0. The lowest BCUT2D eigenvalue weighted by atomic mass is 9.60. The Labute approximate surface area is 195 Å². The lowest BCUT2D eigenvalue weighted by Crippen LogP contribution is -2.36. The Morgan fingerprint density at radius 1 is 1.33 bits per heavy atom. The van der Waals surface area contributed by atoms with Gasteiger partial charge < -0.3 is 15.3 Å². The van der Waals surface area contributed by atoms with Gasteiger partial charge in [0.25, 0.3) is 0 Å². The van der Waals surface area contributed by atoms with Crippen LogP contribution in [0.25, 0.3) is 0 Å². The largest absolute Gasteiger partial charge is 0.393 e. The Kier molecular flexibility index (Phi) is 4.66. The number of hydrogen-bond donors (Lipinski definition) is 3. The molecule has 3 rings (SSSR count). The fraction of sp³-hybridized carbons (Fsp3) is 0.778. The van der Waals surface area contributed by atoms with Crippen molar-refractivity contribution in [2.75, 3.05) is 0 Å². The van der Waals surface area contributed by atoms with Crippen LogP contribution in [0.1, 0.15) is 103 Å². The Hall–Kier alpha value is -0.900. The summed E-state index contributed by atoms with van der Waals surface area (Å²) in [6, 6.07) is 0. The Morgan fingerprint density at radius 3 is 2.83 bits per heavy atom. The highest BCUT2D eigenvalue weighted by atomic mass is 16.3. The van der Waals surface area contributed by atoms with E-state index < -0.39 is 37.9 Å². The summed E-state index contributed by atoms with van der Waals surface area (Å²) in [4.78, 5) is 0. The van der Waals surface area contributed by atoms with E-state index in [2.05, 4.69) is 19.6 Å². The van der Waals surface area contributed by atoms with E-state index in [1.807, 2.05) is 13.0 Å². The van der Waals surface area contributed by atoms with Gasteiger partial charge in [-0.15, -0.1) is 0 Å². The second kappa shape index (κ2) is 9.30. The molecule has 30 heavy (non-hydrogen) atoms. The maximum Gasteiger partial charge on any atom is 0.0811 e. The highest BCUT2D eigenvalue weighted by Gasteiger charge is 2.50. The molecule has 0 radical (unpaired) electrons. The van der Waals surface area contributed by atoms with E-state index in [9.17, 15) is 15.3 Å². The van der Waals surface area contributed by atoms with Crippen LogP contribution < -0.4 is 0 Å². The zero-order chi connectivity index (χ0) is 28.9. The van der Waals surface area contributed by atoms with Crippen LogP contribution in [-0.2, 0) is 0 Å². The first-order valence-corrected chi connectivity index (χ1v) is 11.4. The molecule has 3 nitrogen and oxygen atoms in total. The molecule has 0 spiro atoms. The van der Waals surface area contributed by atoms with Crippen molar-refractivity contribution in [3.8, 4) is 0 Å². The van der Waals surface area contributed by atoms with Gasteiger partial charge in [0.15, 0.2) is 0 Å². The molecule has 3 fully saturated rings. The smallest absolute Gasteiger partial charge is 0.0811 e. The molecular weight excluding hydrogens is 372 g/mol. The van der Waals surface area contributed by atoms with Gasteiger partial charge in [0.1, 0.15) is 0 Å². The normalized spacial score (nSPS) is 44.1. The molecule has 170 valence electrons. The van der Waals surface area contributed by atoms with Crippen LogP contribution in [0.5, 0.6) is 0 Å². The number of aliphatic hydroxyl groups excluding tert-OH is 2. The minimum Gasteiger partial charge on any atom is -0.393 e. The van der Waals surface area contributed by atoms with E-state index in [1.54, 1.807) is 0 Å². The van der Waals surface area contributed by atoms with Gasteiger partial charge in [-0.25, -0.2) is 0 Å². The zero-order valence-electron chi connectivity index (χ0n) is 26.5. The Bertz CT molecular complexity index is 937. The zero-order valence-corrected chi connectivity index (χ0v) is 18.5. The van der Waals surface area contributed by atoms with Crippen molar-refractivity contribution in [2.24, 2.45) is 23.2 Å². The third-order valence-electron chi connectivity index (χ3n) is 7.97. The molecule has 3 saturated carbocycles. The number of rotatable bonds is 6. The van der Waals surface area contributed by atoms with Gasteiger partial charge in [-0.3, -0.25) is 0 Å². The SMILES string of the molecule is [2H]C([2H])([2H])C(O)(C([2H])([2H])[2H])C([2H])([2H])CC[C@@H](C)[C@H]1CCC2C(=CC=C3C[C@@H](O)C[C@H](O)C3=C)CCC[C@@]21C. The Balaban J connectivity index is 1.76. The minimum atomic E-state index is -3.45. The summed E-state index contributed by atoms with van der Waals surface area (Å²) in [7, 11) is 0. The molecule has 3 aliphatic carbocycles. The monoisotopic (exact) mass is 424 g/mol. The molecule has 0 saturated heterocycles. The fourth-order valence-corrected chi connectivity index (χ4v) is 6.36. The van der Waals surface area contributed by atoms with E-state index >= 15 is 0 Å². The van der Waals surface area contributed by atoms with Crippen LogP contribution in [0.15, 0.2) is 35.5 Å². The van der Waals surface area contributed by atoms with E-state index in [4.69, 9.17) is 11.0 Å². The van der Waals surface area contributed by atoms with E-state index in [0.717, 1.165) is 37.7 Å². The number of fused-ring (bicyclic) bond motifs is 1. The molecule has 6 atom stereocenters. The highest BCUT2D eigenvalue weighted by Crippen LogP contribution is 2.60. The van der Waals surface area contributed by atoms with Gasteiger partial charge in [-0.05, 0) is 92.9 Å². The summed E-state index contributed by atoms with van der Waals surface area (Å²) in [5, 5.41) is 31.0. The van der Waals surface area contributed by atoms with Crippen molar-refractivity contribution in [3.63, 3.8) is 0 Å². The van der Waals surface area contributed by atoms with Crippen LogP contribution in [0.3, 0.4) is 0 Å². The van der Waals surface area contributed by atoms with Gasteiger partial charge in [0, 0.05) is 17.4 Å².